The van der Waals surface area contributed by atoms with Crippen LogP contribution in [0, 0.1) is 5.92 Å². The Labute approximate surface area is 121 Å². The van der Waals surface area contributed by atoms with Crippen molar-refractivity contribution in [1.29, 1.82) is 0 Å². The number of benzene rings is 1. The number of rotatable bonds is 0. The number of aromatic hydroxyl groups is 1. The molecule has 0 spiro atoms. The zero-order valence-electron chi connectivity index (χ0n) is 12.7. The predicted octanol–water partition coefficient (Wildman–Crippen LogP) is 3.47. The lowest BCUT2D eigenvalue weighted by Crippen LogP contribution is -2.66. The molecule has 2 nitrogen and oxygen atoms in total. The molecule has 1 aromatic carbocycles. The number of likely N-dealkylation sites (tertiary alicyclic amines) is 1. The number of fused-ring (bicyclic) bond motifs is 1. The number of phenolic OH excluding ortho intramolecular Hbond substituents is 1. The minimum atomic E-state index is 0.308. The first kappa shape index (κ1) is 12.7. The zero-order valence-corrected chi connectivity index (χ0v) is 12.7. The fourth-order valence-corrected chi connectivity index (χ4v) is 5.62. The summed E-state index contributed by atoms with van der Waals surface area (Å²) < 4.78 is 0. The molecule has 2 fully saturated rings. The molecule has 0 radical (unpaired) electrons. The van der Waals surface area contributed by atoms with Crippen LogP contribution >= 0.6 is 0 Å². The van der Waals surface area contributed by atoms with Gasteiger partial charge in [-0.1, -0.05) is 18.9 Å². The molecule has 2 heteroatoms. The van der Waals surface area contributed by atoms with E-state index in [2.05, 4.69) is 31.0 Å². The molecule has 0 unspecified atom stereocenters. The number of nitrogens with zero attached hydrogens (tertiary/aromatic N) is 1. The second-order valence-electron chi connectivity index (χ2n) is 7.50. The van der Waals surface area contributed by atoms with E-state index in [9.17, 15) is 5.11 Å². The Bertz CT molecular complexity index is 554. The molecule has 1 aliphatic heterocycles. The highest BCUT2D eigenvalue weighted by molar-refractivity contribution is 5.46. The van der Waals surface area contributed by atoms with E-state index in [0.717, 1.165) is 12.3 Å². The lowest BCUT2D eigenvalue weighted by atomic mass is 9.48. The summed E-state index contributed by atoms with van der Waals surface area (Å²) >= 11 is 0. The number of hydrogen-bond acceptors (Lipinski definition) is 2. The normalized spacial score (nSPS) is 40.0. The lowest BCUT2D eigenvalue weighted by molar-refractivity contribution is -0.0608. The average Bonchev–Trinajstić information content (AvgIpc) is 2.45. The Morgan fingerprint density at radius 2 is 2.10 bits per heavy atom. The maximum Gasteiger partial charge on any atom is 0.115 e. The SMILES string of the molecule is CN1CC[C@@]23CCCC[C@@H]2[C@@]1(C)Cc1ccc(O)cc13. The maximum atomic E-state index is 9.98. The van der Waals surface area contributed by atoms with Gasteiger partial charge in [0.25, 0.3) is 0 Å². The van der Waals surface area contributed by atoms with Gasteiger partial charge in [-0.25, -0.2) is 0 Å². The van der Waals surface area contributed by atoms with Crippen molar-refractivity contribution in [3.8, 4) is 5.75 Å². The van der Waals surface area contributed by atoms with Gasteiger partial charge >= 0.3 is 0 Å². The minimum Gasteiger partial charge on any atom is -0.508 e. The van der Waals surface area contributed by atoms with Gasteiger partial charge in [0.1, 0.15) is 5.75 Å². The van der Waals surface area contributed by atoms with Gasteiger partial charge < -0.3 is 10.0 Å². The van der Waals surface area contributed by atoms with Crippen molar-refractivity contribution in [3.63, 3.8) is 0 Å². The summed E-state index contributed by atoms with van der Waals surface area (Å²) in [5.74, 6) is 1.21. The topological polar surface area (TPSA) is 23.5 Å². The monoisotopic (exact) mass is 271 g/mol. The van der Waals surface area contributed by atoms with Crippen molar-refractivity contribution in [2.45, 2.75) is 56.4 Å². The van der Waals surface area contributed by atoms with Crippen LogP contribution in [0.15, 0.2) is 18.2 Å². The van der Waals surface area contributed by atoms with Gasteiger partial charge in [-0.3, -0.25) is 0 Å². The van der Waals surface area contributed by atoms with Crippen LogP contribution in [0.5, 0.6) is 5.75 Å². The smallest absolute Gasteiger partial charge is 0.115 e. The van der Waals surface area contributed by atoms with Crippen LogP contribution in [0.1, 0.15) is 50.2 Å². The lowest BCUT2D eigenvalue weighted by Gasteiger charge is -2.63. The largest absolute Gasteiger partial charge is 0.508 e. The van der Waals surface area contributed by atoms with E-state index in [0.29, 0.717) is 16.7 Å². The van der Waals surface area contributed by atoms with Crippen molar-refractivity contribution in [1.82, 2.24) is 4.90 Å². The molecule has 0 aromatic heterocycles. The van der Waals surface area contributed by atoms with Gasteiger partial charge in [-0.05, 0) is 75.4 Å². The van der Waals surface area contributed by atoms with Crippen molar-refractivity contribution in [3.05, 3.63) is 29.3 Å². The predicted molar refractivity (Wildman–Crippen MR) is 81.1 cm³/mol. The van der Waals surface area contributed by atoms with Gasteiger partial charge in [-0.15, -0.1) is 0 Å². The standard InChI is InChI=1S/C18H25NO/c1-17-12-13-6-7-14(20)11-15(13)18(9-10-19(17)2)8-4-3-5-16(17)18/h6-7,11,16,20H,3-5,8-10,12H2,1-2H3/t16-,17-,18-/m1/s1. The highest BCUT2D eigenvalue weighted by Crippen LogP contribution is 2.59. The van der Waals surface area contributed by atoms with E-state index in [1.807, 2.05) is 6.07 Å². The van der Waals surface area contributed by atoms with E-state index < -0.39 is 0 Å². The molecular formula is C18H25NO. The quantitative estimate of drug-likeness (QED) is 0.781. The van der Waals surface area contributed by atoms with Crippen LogP contribution in [0.3, 0.4) is 0 Å². The third kappa shape index (κ3) is 1.43. The van der Waals surface area contributed by atoms with E-state index >= 15 is 0 Å². The van der Waals surface area contributed by atoms with Crippen LogP contribution in [-0.4, -0.2) is 29.1 Å². The summed E-state index contributed by atoms with van der Waals surface area (Å²) in [4.78, 5) is 2.61. The van der Waals surface area contributed by atoms with Crippen molar-refractivity contribution < 1.29 is 5.11 Å². The molecule has 3 atom stereocenters. The molecular weight excluding hydrogens is 246 g/mol. The Balaban J connectivity index is 1.95. The number of hydrogen-bond donors (Lipinski definition) is 1. The van der Waals surface area contributed by atoms with Crippen LogP contribution in [0.4, 0.5) is 0 Å². The summed E-state index contributed by atoms with van der Waals surface area (Å²) in [5.41, 5.74) is 3.61. The fraction of sp³-hybridized carbons (Fsp3) is 0.667. The molecule has 1 saturated heterocycles. The van der Waals surface area contributed by atoms with Crippen molar-refractivity contribution in [2.24, 2.45) is 5.92 Å². The molecule has 1 heterocycles. The summed E-state index contributed by atoms with van der Waals surface area (Å²) in [6.07, 6.45) is 7.81. The molecule has 1 aromatic rings. The molecule has 20 heavy (non-hydrogen) atoms. The molecule has 0 amide bonds. The van der Waals surface area contributed by atoms with Crippen LogP contribution in [0.25, 0.3) is 0 Å². The summed E-state index contributed by atoms with van der Waals surface area (Å²) in [6.45, 7) is 3.68. The van der Waals surface area contributed by atoms with Gasteiger partial charge in [0.05, 0.1) is 0 Å². The van der Waals surface area contributed by atoms with Gasteiger partial charge in [0, 0.05) is 11.0 Å². The van der Waals surface area contributed by atoms with E-state index in [-0.39, 0.29) is 0 Å². The van der Waals surface area contributed by atoms with E-state index in [4.69, 9.17) is 0 Å². The molecule has 1 N–H and O–H groups in total. The molecule has 3 aliphatic rings. The van der Waals surface area contributed by atoms with Crippen LogP contribution in [-0.2, 0) is 11.8 Å². The molecule has 108 valence electrons. The molecule has 4 rings (SSSR count). The number of phenols is 1. The summed E-state index contributed by atoms with van der Waals surface area (Å²) in [7, 11) is 2.31. The number of piperidine rings is 1. The third-order valence-corrected chi connectivity index (χ3v) is 6.73. The first-order valence-electron chi connectivity index (χ1n) is 8.10. The van der Waals surface area contributed by atoms with Crippen molar-refractivity contribution in [2.75, 3.05) is 13.6 Å². The van der Waals surface area contributed by atoms with Crippen molar-refractivity contribution >= 4 is 0 Å². The minimum absolute atomic E-state index is 0.308. The summed E-state index contributed by atoms with van der Waals surface area (Å²) in [6, 6.07) is 6.13. The second-order valence-corrected chi connectivity index (χ2v) is 7.50. The van der Waals surface area contributed by atoms with Crippen LogP contribution < -0.4 is 0 Å². The molecule has 1 saturated carbocycles. The van der Waals surface area contributed by atoms with Gasteiger partial charge in [0.15, 0.2) is 0 Å². The summed E-state index contributed by atoms with van der Waals surface area (Å²) in [5, 5.41) is 9.98. The first-order valence-corrected chi connectivity index (χ1v) is 8.10. The number of likely N-dealkylation sites (N-methyl/N-ethyl adjacent to an activating group) is 1. The molecule has 2 aliphatic carbocycles. The molecule has 2 bridgehead atoms. The Morgan fingerprint density at radius 3 is 2.95 bits per heavy atom. The highest BCUT2D eigenvalue weighted by atomic mass is 16.3. The Kier molecular flexibility index (Phi) is 2.54. The van der Waals surface area contributed by atoms with Crippen LogP contribution in [0.2, 0.25) is 0 Å². The maximum absolute atomic E-state index is 9.98. The zero-order chi connectivity index (χ0) is 14.0. The fourth-order valence-electron chi connectivity index (χ4n) is 5.62. The van der Waals surface area contributed by atoms with E-state index in [1.165, 1.54) is 49.8 Å². The van der Waals surface area contributed by atoms with E-state index in [1.54, 1.807) is 0 Å². The third-order valence-electron chi connectivity index (χ3n) is 6.73. The highest BCUT2D eigenvalue weighted by Gasteiger charge is 2.58. The second kappa shape index (κ2) is 4.00. The Hall–Kier alpha value is -1.02. The first-order chi connectivity index (χ1) is 9.56. The average molecular weight is 271 g/mol. The van der Waals surface area contributed by atoms with Gasteiger partial charge in [-0.2, -0.15) is 0 Å². The van der Waals surface area contributed by atoms with Gasteiger partial charge in [0.2, 0.25) is 0 Å². The Morgan fingerprint density at radius 1 is 1.25 bits per heavy atom.